The molecular weight excluding hydrogens is 252 g/mol. The molecule has 0 fully saturated rings. The first kappa shape index (κ1) is 14.3. The number of esters is 1. The molecule has 0 amide bonds. The molecule has 1 rings (SSSR count). The lowest BCUT2D eigenvalue weighted by atomic mass is 9.98. The van der Waals surface area contributed by atoms with Crippen LogP contribution in [-0.2, 0) is 16.0 Å². The molecule has 0 saturated heterocycles. The van der Waals surface area contributed by atoms with E-state index in [1.54, 1.807) is 13.0 Å². The van der Waals surface area contributed by atoms with Gasteiger partial charge >= 0.3 is 5.97 Å². The van der Waals surface area contributed by atoms with Crippen molar-refractivity contribution in [3.05, 3.63) is 38.9 Å². The lowest BCUT2D eigenvalue weighted by molar-refractivity contribution is -0.385. The second kappa shape index (κ2) is 6.26. The van der Waals surface area contributed by atoms with Gasteiger partial charge in [-0.25, -0.2) is 0 Å². The molecule has 0 aliphatic carbocycles. The van der Waals surface area contributed by atoms with Gasteiger partial charge in [0.1, 0.15) is 0 Å². The zero-order chi connectivity index (χ0) is 14.4. The fourth-order valence-corrected chi connectivity index (χ4v) is 1.59. The van der Waals surface area contributed by atoms with Gasteiger partial charge in [0.15, 0.2) is 6.29 Å². The van der Waals surface area contributed by atoms with Gasteiger partial charge in [-0.2, -0.15) is 5.26 Å². The quantitative estimate of drug-likeness (QED) is 0.343. The normalized spacial score (nSPS) is 9.47. The van der Waals surface area contributed by atoms with E-state index in [0.29, 0.717) is 0 Å². The number of nitro benzene ring substituents is 1. The largest absolute Gasteiger partial charge is 0.466 e. The molecule has 0 bridgehead atoms. The highest BCUT2D eigenvalue weighted by Crippen LogP contribution is 2.24. The highest BCUT2D eigenvalue weighted by Gasteiger charge is 2.22. The Morgan fingerprint density at radius 1 is 1.58 bits per heavy atom. The van der Waals surface area contributed by atoms with E-state index in [1.807, 2.05) is 0 Å². The number of benzene rings is 1. The standard InChI is InChI=1S/C12H10N2O5/c1-2-19-12(16)5-9-8(6-13)3-4-11(14(17)18)10(9)7-15/h3-4,7H,2,5H2,1H3. The van der Waals surface area contributed by atoms with Crippen molar-refractivity contribution in [3.63, 3.8) is 0 Å². The third-order valence-corrected chi connectivity index (χ3v) is 2.40. The number of hydrogen-bond acceptors (Lipinski definition) is 6. The van der Waals surface area contributed by atoms with Gasteiger partial charge < -0.3 is 4.74 Å². The Morgan fingerprint density at radius 3 is 2.74 bits per heavy atom. The summed E-state index contributed by atoms with van der Waals surface area (Å²) in [4.78, 5) is 32.5. The fraction of sp³-hybridized carbons (Fsp3) is 0.250. The molecule has 19 heavy (non-hydrogen) atoms. The zero-order valence-corrected chi connectivity index (χ0v) is 10.1. The number of carbonyl (C=O) groups excluding carboxylic acids is 2. The lowest BCUT2D eigenvalue weighted by Gasteiger charge is -2.07. The van der Waals surface area contributed by atoms with Gasteiger partial charge in [0.05, 0.1) is 35.1 Å². The van der Waals surface area contributed by atoms with Crippen molar-refractivity contribution in [2.24, 2.45) is 0 Å². The summed E-state index contributed by atoms with van der Waals surface area (Å²) in [6, 6.07) is 4.07. The van der Waals surface area contributed by atoms with Gasteiger partial charge in [0.2, 0.25) is 0 Å². The second-order valence-electron chi connectivity index (χ2n) is 3.49. The first-order valence-electron chi connectivity index (χ1n) is 5.36. The summed E-state index contributed by atoms with van der Waals surface area (Å²) < 4.78 is 4.71. The summed E-state index contributed by atoms with van der Waals surface area (Å²) in [7, 11) is 0. The van der Waals surface area contributed by atoms with Crippen molar-refractivity contribution in [2.75, 3.05) is 6.61 Å². The molecule has 98 valence electrons. The smallest absolute Gasteiger partial charge is 0.310 e. The van der Waals surface area contributed by atoms with E-state index in [-0.39, 0.29) is 36.0 Å². The summed E-state index contributed by atoms with van der Waals surface area (Å²) >= 11 is 0. The second-order valence-corrected chi connectivity index (χ2v) is 3.49. The molecule has 0 aliphatic heterocycles. The van der Waals surface area contributed by atoms with Crippen molar-refractivity contribution >= 4 is 17.9 Å². The van der Waals surface area contributed by atoms with Crippen LogP contribution in [0.25, 0.3) is 0 Å². The average Bonchev–Trinajstić information content (AvgIpc) is 2.38. The fourth-order valence-electron chi connectivity index (χ4n) is 1.59. The number of ether oxygens (including phenoxy) is 1. The van der Waals surface area contributed by atoms with E-state index in [9.17, 15) is 19.7 Å². The van der Waals surface area contributed by atoms with Crippen molar-refractivity contribution in [2.45, 2.75) is 13.3 Å². The first-order chi connectivity index (χ1) is 9.04. The van der Waals surface area contributed by atoms with Gasteiger partial charge in [-0.1, -0.05) is 0 Å². The van der Waals surface area contributed by atoms with Crippen LogP contribution in [0.2, 0.25) is 0 Å². The van der Waals surface area contributed by atoms with Gasteiger partial charge in [0.25, 0.3) is 5.69 Å². The molecular formula is C12H10N2O5. The van der Waals surface area contributed by atoms with Crippen LogP contribution >= 0.6 is 0 Å². The Hall–Kier alpha value is -2.75. The SMILES string of the molecule is CCOC(=O)Cc1c(C#N)ccc([N+](=O)[O-])c1C=O. The Kier molecular flexibility index (Phi) is 4.71. The molecule has 0 heterocycles. The number of nitriles is 1. The van der Waals surface area contributed by atoms with E-state index in [0.717, 1.165) is 6.07 Å². The maximum absolute atomic E-state index is 11.4. The predicted molar refractivity (Wildman–Crippen MR) is 63.5 cm³/mol. The van der Waals surface area contributed by atoms with E-state index in [2.05, 4.69) is 0 Å². The molecule has 0 atom stereocenters. The van der Waals surface area contributed by atoms with Crippen LogP contribution in [-0.4, -0.2) is 23.8 Å². The van der Waals surface area contributed by atoms with Crippen LogP contribution in [0.15, 0.2) is 12.1 Å². The Morgan fingerprint density at radius 2 is 2.26 bits per heavy atom. The predicted octanol–water partition coefficient (Wildman–Crippen LogP) is 1.38. The van der Waals surface area contributed by atoms with Gasteiger partial charge in [-0.15, -0.1) is 0 Å². The Bertz CT molecular complexity index is 574. The number of nitrogens with zero attached hydrogens (tertiary/aromatic N) is 2. The highest BCUT2D eigenvalue weighted by atomic mass is 16.6. The van der Waals surface area contributed by atoms with Crippen LogP contribution in [0, 0.1) is 21.4 Å². The van der Waals surface area contributed by atoms with Gasteiger partial charge in [-0.3, -0.25) is 19.7 Å². The van der Waals surface area contributed by atoms with Crippen LogP contribution in [0.1, 0.15) is 28.4 Å². The molecule has 0 aliphatic rings. The summed E-state index contributed by atoms with van der Waals surface area (Å²) in [6.07, 6.45) is -0.0833. The van der Waals surface area contributed by atoms with Gasteiger partial charge in [-0.05, 0) is 18.6 Å². The lowest BCUT2D eigenvalue weighted by Crippen LogP contribution is -2.12. The van der Waals surface area contributed by atoms with Crippen LogP contribution < -0.4 is 0 Å². The van der Waals surface area contributed by atoms with Crippen molar-refractivity contribution in [1.29, 1.82) is 5.26 Å². The number of aldehydes is 1. The number of rotatable bonds is 5. The molecule has 0 saturated carbocycles. The summed E-state index contributed by atoms with van der Waals surface area (Å²) in [6.45, 7) is 1.75. The third-order valence-electron chi connectivity index (χ3n) is 2.40. The van der Waals surface area contributed by atoms with E-state index >= 15 is 0 Å². The van der Waals surface area contributed by atoms with Crippen molar-refractivity contribution in [1.82, 2.24) is 0 Å². The average molecular weight is 262 g/mol. The minimum atomic E-state index is -0.737. The Labute approximate surface area is 108 Å². The number of nitro groups is 1. The van der Waals surface area contributed by atoms with Gasteiger partial charge in [0, 0.05) is 6.07 Å². The monoisotopic (exact) mass is 262 g/mol. The highest BCUT2D eigenvalue weighted by molar-refractivity contribution is 5.88. The topological polar surface area (TPSA) is 110 Å². The molecule has 1 aromatic carbocycles. The number of carbonyl (C=O) groups is 2. The molecule has 7 heteroatoms. The van der Waals surface area contributed by atoms with E-state index in [1.165, 1.54) is 6.07 Å². The molecule has 1 aromatic rings. The molecule has 0 N–H and O–H groups in total. The minimum Gasteiger partial charge on any atom is -0.466 e. The minimum absolute atomic E-state index is 0.0187. The molecule has 0 spiro atoms. The molecule has 0 unspecified atom stereocenters. The molecule has 0 aromatic heterocycles. The Balaban J connectivity index is 3.36. The third kappa shape index (κ3) is 3.13. The molecule has 0 radical (unpaired) electrons. The summed E-state index contributed by atoms with van der Waals surface area (Å²) in [5, 5.41) is 19.7. The molecule has 7 nitrogen and oxygen atoms in total. The van der Waals surface area contributed by atoms with E-state index < -0.39 is 16.6 Å². The van der Waals surface area contributed by atoms with Crippen molar-refractivity contribution < 1.29 is 19.2 Å². The van der Waals surface area contributed by atoms with E-state index in [4.69, 9.17) is 10.00 Å². The maximum atomic E-state index is 11.4. The number of hydrogen-bond donors (Lipinski definition) is 0. The van der Waals surface area contributed by atoms with Crippen LogP contribution in [0.4, 0.5) is 5.69 Å². The van der Waals surface area contributed by atoms with Crippen LogP contribution in [0.5, 0.6) is 0 Å². The summed E-state index contributed by atoms with van der Waals surface area (Å²) in [5.74, 6) is -0.650. The van der Waals surface area contributed by atoms with Crippen molar-refractivity contribution in [3.8, 4) is 6.07 Å². The zero-order valence-electron chi connectivity index (χ0n) is 10.1. The maximum Gasteiger partial charge on any atom is 0.310 e. The summed E-state index contributed by atoms with van der Waals surface area (Å²) in [5.41, 5.74) is -0.642. The van der Waals surface area contributed by atoms with Crippen LogP contribution in [0.3, 0.4) is 0 Å². The first-order valence-corrected chi connectivity index (χ1v) is 5.36.